The van der Waals surface area contributed by atoms with E-state index in [2.05, 4.69) is 64.4 Å². The second kappa shape index (κ2) is 8.61. The predicted octanol–water partition coefficient (Wildman–Crippen LogP) is 5.32. The van der Waals surface area contributed by atoms with Crippen molar-refractivity contribution in [1.82, 2.24) is 0 Å². The molecule has 0 amide bonds. The second-order valence-electron chi connectivity index (χ2n) is 7.29. The van der Waals surface area contributed by atoms with Crippen LogP contribution in [0.4, 0.5) is 17.1 Å². The van der Waals surface area contributed by atoms with Crippen molar-refractivity contribution in [3.8, 4) is 0 Å². The Kier molecular flexibility index (Phi) is 5.98. The van der Waals surface area contributed by atoms with Gasteiger partial charge in [-0.05, 0) is 64.7 Å². The Morgan fingerprint density at radius 1 is 0.724 bits per heavy atom. The van der Waals surface area contributed by atoms with Gasteiger partial charge in [0.05, 0.1) is 4.92 Å². The number of nitro benzene ring substituents is 1. The lowest BCUT2D eigenvalue weighted by Gasteiger charge is -2.16. The molecule has 0 saturated heterocycles. The van der Waals surface area contributed by atoms with Crippen LogP contribution in [-0.2, 0) is 0 Å². The van der Waals surface area contributed by atoms with Gasteiger partial charge in [0, 0.05) is 51.7 Å². The predicted molar refractivity (Wildman–Crippen MR) is 122 cm³/mol. The van der Waals surface area contributed by atoms with Crippen LogP contribution >= 0.6 is 0 Å². The van der Waals surface area contributed by atoms with Crippen LogP contribution < -0.4 is 9.80 Å². The summed E-state index contributed by atoms with van der Waals surface area (Å²) >= 11 is 0. The molecule has 0 aliphatic rings. The Bertz CT molecular complexity index is 950. The van der Waals surface area contributed by atoms with Crippen LogP contribution in [0.3, 0.4) is 0 Å². The lowest BCUT2D eigenvalue weighted by molar-refractivity contribution is -0.384. The number of nitrogens with zero attached hydrogens (tertiary/aromatic N) is 3. The van der Waals surface area contributed by atoms with Gasteiger partial charge in [0.2, 0.25) is 0 Å². The second-order valence-corrected chi connectivity index (χ2v) is 7.29. The summed E-state index contributed by atoms with van der Waals surface area (Å²) < 4.78 is 0. The summed E-state index contributed by atoms with van der Waals surface area (Å²) in [5, 5.41) is 10.9. The Morgan fingerprint density at radius 3 is 1.48 bits per heavy atom. The van der Waals surface area contributed by atoms with Crippen LogP contribution in [0.1, 0.15) is 16.7 Å². The molecule has 3 aromatic carbocycles. The van der Waals surface area contributed by atoms with E-state index in [0.717, 1.165) is 33.6 Å². The maximum absolute atomic E-state index is 10.9. The molecule has 0 atom stereocenters. The molecule has 0 spiro atoms. The first-order chi connectivity index (χ1) is 13.8. The van der Waals surface area contributed by atoms with E-state index in [4.69, 9.17) is 0 Å². The van der Waals surface area contributed by atoms with Crippen LogP contribution in [0.15, 0.2) is 72.8 Å². The standard InChI is InChI=1S/C24H25N3O2/c1-25(2)21-13-7-19(8-14-21)24(20-9-15-22(16-10-20)26(3)4)17-18-5-11-23(12-6-18)27(28)29/h5-17H,1-4H3. The average Bonchev–Trinajstić information content (AvgIpc) is 2.72. The van der Waals surface area contributed by atoms with Crippen molar-refractivity contribution in [3.05, 3.63) is 99.6 Å². The molecule has 3 rings (SSSR count). The highest BCUT2D eigenvalue weighted by atomic mass is 16.6. The molecule has 0 fully saturated rings. The van der Waals surface area contributed by atoms with Gasteiger partial charge in [-0.3, -0.25) is 10.1 Å². The highest BCUT2D eigenvalue weighted by molar-refractivity contribution is 5.92. The molecular formula is C24H25N3O2. The van der Waals surface area contributed by atoms with E-state index in [9.17, 15) is 10.1 Å². The van der Waals surface area contributed by atoms with Crippen molar-refractivity contribution < 1.29 is 4.92 Å². The molecule has 0 unspecified atom stereocenters. The van der Waals surface area contributed by atoms with Crippen LogP contribution in [0.25, 0.3) is 11.6 Å². The number of hydrogen-bond donors (Lipinski definition) is 0. The number of rotatable bonds is 6. The summed E-state index contributed by atoms with van der Waals surface area (Å²) in [5.41, 5.74) is 6.51. The first-order valence-electron chi connectivity index (χ1n) is 9.37. The molecule has 148 valence electrons. The fourth-order valence-electron chi connectivity index (χ4n) is 3.07. The minimum absolute atomic E-state index is 0.0920. The van der Waals surface area contributed by atoms with Gasteiger partial charge in [-0.25, -0.2) is 0 Å². The zero-order valence-corrected chi connectivity index (χ0v) is 17.2. The Hall–Kier alpha value is -3.60. The molecule has 29 heavy (non-hydrogen) atoms. The third-order valence-corrected chi connectivity index (χ3v) is 4.80. The van der Waals surface area contributed by atoms with Gasteiger partial charge in [0.15, 0.2) is 0 Å². The summed E-state index contributed by atoms with van der Waals surface area (Å²) in [6.07, 6.45) is 2.07. The molecule has 5 nitrogen and oxygen atoms in total. The Labute approximate surface area is 171 Å². The highest BCUT2D eigenvalue weighted by Gasteiger charge is 2.09. The first kappa shape index (κ1) is 20.1. The normalized spacial score (nSPS) is 10.3. The van der Waals surface area contributed by atoms with Gasteiger partial charge < -0.3 is 9.80 Å². The molecule has 0 aliphatic heterocycles. The summed E-state index contributed by atoms with van der Waals surface area (Å²) in [6, 6.07) is 23.4. The third-order valence-electron chi connectivity index (χ3n) is 4.80. The Morgan fingerprint density at radius 2 is 1.14 bits per heavy atom. The summed E-state index contributed by atoms with van der Waals surface area (Å²) in [5.74, 6) is 0. The van der Waals surface area contributed by atoms with Gasteiger partial charge in [0.1, 0.15) is 0 Å². The zero-order valence-electron chi connectivity index (χ0n) is 17.2. The van der Waals surface area contributed by atoms with Crippen molar-refractivity contribution >= 4 is 28.7 Å². The fraction of sp³-hybridized carbons (Fsp3) is 0.167. The third kappa shape index (κ3) is 4.82. The molecule has 0 heterocycles. The maximum Gasteiger partial charge on any atom is 0.269 e. The first-order valence-corrected chi connectivity index (χ1v) is 9.37. The monoisotopic (exact) mass is 387 g/mol. The lowest BCUT2D eigenvalue weighted by Crippen LogP contribution is -2.08. The number of non-ortho nitro benzene ring substituents is 1. The molecule has 0 bridgehead atoms. The van der Waals surface area contributed by atoms with Crippen LogP contribution in [0, 0.1) is 10.1 Å². The number of hydrogen-bond acceptors (Lipinski definition) is 4. The van der Waals surface area contributed by atoms with E-state index in [1.54, 1.807) is 12.1 Å². The number of benzene rings is 3. The highest BCUT2D eigenvalue weighted by Crippen LogP contribution is 2.29. The van der Waals surface area contributed by atoms with E-state index in [-0.39, 0.29) is 10.6 Å². The van der Waals surface area contributed by atoms with E-state index in [0.29, 0.717) is 0 Å². The quantitative estimate of drug-likeness (QED) is 0.326. The van der Waals surface area contributed by atoms with E-state index in [1.807, 2.05) is 28.2 Å². The topological polar surface area (TPSA) is 49.6 Å². The van der Waals surface area contributed by atoms with Gasteiger partial charge in [-0.1, -0.05) is 24.3 Å². The maximum atomic E-state index is 10.9. The molecular weight excluding hydrogens is 362 g/mol. The molecule has 0 aromatic heterocycles. The molecule has 0 N–H and O–H groups in total. The van der Waals surface area contributed by atoms with Crippen molar-refractivity contribution in [1.29, 1.82) is 0 Å². The summed E-state index contributed by atoms with van der Waals surface area (Å²) in [6.45, 7) is 0. The minimum Gasteiger partial charge on any atom is -0.378 e. The molecule has 0 aliphatic carbocycles. The van der Waals surface area contributed by atoms with Crippen molar-refractivity contribution in [2.45, 2.75) is 0 Å². The average molecular weight is 387 g/mol. The van der Waals surface area contributed by atoms with E-state index in [1.165, 1.54) is 12.1 Å². The molecule has 0 saturated carbocycles. The molecule has 5 heteroatoms. The molecule has 3 aromatic rings. The minimum atomic E-state index is -0.381. The van der Waals surface area contributed by atoms with Gasteiger partial charge >= 0.3 is 0 Å². The molecule has 0 radical (unpaired) electrons. The van der Waals surface area contributed by atoms with Gasteiger partial charge in [-0.2, -0.15) is 0 Å². The zero-order chi connectivity index (χ0) is 21.0. The summed E-state index contributed by atoms with van der Waals surface area (Å²) in [7, 11) is 8.07. The van der Waals surface area contributed by atoms with Crippen LogP contribution in [0.5, 0.6) is 0 Å². The SMILES string of the molecule is CN(C)c1ccc(C(=Cc2ccc([N+](=O)[O-])cc2)c2ccc(N(C)C)cc2)cc1. The largest absolute Gasteiger partial charge is 0.378 e. The Balaban J connectivity index is 2.06. The van der Waals surface area contributed by atoms with Crippen molar-refractivity contribution in [2.24, 2.45) is 0 Å². The smallest absolute Gasteiger partial charge is 0.269 e. The van der Waals surface area contributed by atoms with E-state index < -0.39 is 0 Å². The van der Waals surface area contributed by atoms with Gasteiger partial charge in [0.25, 0.3) is 5.69 Å². The number of anilines is 2. The van der Waals surface area contributed by atoms with Crippen molar-refractivity contribution in [2.75, 3.05) is 38.0 Å². The van der Waals surface area contributed by atoms with Crippen LogP contribution in [0.2, 0.25) is 0 Å². The van der Waals surface area contributed by atoms with Crippen LogP contribution in [-0.4, -0.2) is 33.1 Å². The van der Waals surface area contributed by atoms with Crippen molar-refractivity contribution in [3.63, 3.8) is 0 Å². The van der Waals surface area contributed by atoms with E-state index >= 15 is 0 Å². The van der Waals surface area contributed by atoms with Gasteiger partial charge in [-0.15, -0.1) is 0 Å². The lowest BCUT2D eigenvalue weighted by atomic mass is 9.95. The fourth-order valence-corrected chi connectivity index (χ4v) is 3.07. The number of nitro groups is 1. The summed E-state index contributed by atoms with van der Waals surface area (Å²) in [4.78, 5) is 14.7.